The molecule has 0 radical (unpaired) electrons. The van der Waals surface area contributed by atoms with E-state index in [4.69, 9.17) is 4.74 Å². The van der Waals surface area contributed by atoms with Gasteiger partial charge in [0.1, 0.15) is 11.5 Å². The van der Waals surface area contributed by atoms with Crippen molar-refractivity contribution in [1.29, 1.82) is 0 Å². The molecular formula is C22H21FN4O2. The number of nitrogens with zero attached hydrogens (tertiary/aromatic N) is 4. The molecule has 2 aromatic carbocycles. The number of morpholine rings is 1. The van der Waals surface area contributed by atoms with Crippen molar-refractivity contribution >= 4 is 16.6 Å². The van der Waals surface area contributed by atoms with E-state index in [2.05, 4.69) is 10.00 Å². The molecule has 0 N–H and O–H groups in total. The SMILES string of the molecule is Cc1cc2n(CN3CCOC(c4cccc(F)c4)C3)c(=O)c3ccccc3n2n1. The van der Waals surface area contributed by atoms with Crippen molar-refractivity contribution in [2.75, 3.05) is 19.7 Å². The van der Waals surface area contributed by atoms with Crippen LogP contribution in [0.1, 0.15) is 17.4 Å². The summed E-state index contributed by atoms with van der Waals surface area (Å²) in [7, 11) is 0. The summed E-state index contributed by atoms with van der Waals surface area (Å²) in [5, 5.41) is 5.22. The molecule has 148 valence electrons. The summed E-state index contributed by atoms with van der Waals surface area (Å²) in [5.41, 5.74) is 3.19. The molecule has 29 heavy (non-hydrogen) atoms. The third kappa shape index (κ3) is 3.22. The van der Waals surface area contributed by atoms with Crippen LogP contribution in [0.15, 0.2) is 59.4 Å². The molecule has 1 aliphatic heterocycles. The summed E-state index contributed by atoms with van der Waals surface area (Å²) in [6, 6.07) is 16.0. The van der Waals surface area contributed by atoms with Crippen molar-refractivity contribution in [1.82, 2.24) is 19.1 Å². The zero-order chi connectivity index (χ0) is 20.0. The van der Waals surface area contributed by atoms with Gasteiger partial charge in [0.15, 0.2) is 0 Å². The minimum Gasteiger partial charge on any atom is -0.371 e. The van der Waals surface area contributed by atoms with E-state index in [0.29, 0.717) is 31.8 Å². The summed E-state index contributed by atoms with van der Waals surface area (Å²) in [6.07, 6.45) is -0.224. The summed E-state index contributed by atoms with van der Waals surface area (Å²) in [6.45, 7) is 4.16. The zero-order valence-corrected chi connectivity index (χ0v) is 16.1. The molecule has 1 aliphatic rings. The van der Waals surface area contributed by atoms with Gasteiger partial charge in [-0.1, -0.05) is 24.3 Å². The van der Waals surface area contributed by atoms with Crippen LogP contribution in [0.4, 0.5) is 4.39 Å². The van der Waals surface area contributed by atoms with E-state index in [1.807, 2.05) is 47.8 Å². The Bertz CT molecular complexity index is 1260. The summed E-state index contributed by atoms with van der Waals surface area (Å²) >= 11 is 0. The van der Waals surface area contributed by atoms with Crippen LogP contribution in [0.5, 0.6) is 0 Å². The van der Waals surface area contributed by atoms with Crippen molar-refractivity contribution in [3.05, 3.63) is 82.0 Å². The number of rotatable bonds is 3. The molecule has 1 atom stereocenters. The van der Waals surface area contributed by atoms with Crippen LogP contribution in [-0.2, 0) is 11.4 Å². The zero-order valence-electron chi connectivity index (χ0n) is 16.1. The van der Waals surface area contributed by atoms with Crippen molar-refractivity contribution in [3.8, 4) is 0 Å². The van der Waals surface area contributed by atoms with E-state index < -0.39 is 0 Å². The third-order valence-corrected chi connectivity index (χ3v) is 5.41. The van der Waals surface area contributed by atoms with E-state index in [-0.39, 0.29) is 17.5 Å². The molecule has 0 bridgehead atoms. The number of hydrogen-bond donors (Lipinski definition) is 0. The Labute approximate surface area is 166 Å². The van der Waals surface area contributed by atoms with E-state index in [1.165, 1.54) is 12.1 Å². The lowest BCUT2D eigenvalue weighted by atomic mass is 10.1. The van der Waals surface area contributed by atoms with Gasteiger partial charge < -0.3 is 4.74 Å². The Morgan fingerprint density at radius 3 is 2.90 bits per heavy atom. The topological polar surface area (TPSA) is 51.8 Å². The molecule has 0 spiro atoms. The lowest BCUT2D eigenvalue weighted by Gasteiger charge is -2.33. The second-order valence-corrected chi connectivity index (χ2v) is 7.44. The fourth-order valence-electron chi connectivity index (χ4n) is 4.02. The highest BCUT2D eigenvalue weighted by molar-refractivity contribution is 5.80. The van der Waals surface area contributed by atoms with Gasteiger partial charge in [0.25, 0.3) is 5.56 Å². The van der Waals surface area contributed by atoms with Crippen LogP contribution in [0, 0.1) is 12.7 Å². The van der Waals surface area contributed by atoms with Crippen LogP contribution >= 0.6 is 0 Å². The monoisotopic (exact) mass is 392 g/mol. The first-order valence-corrected chi connectivity index (χ1v) is 9.67. The van der Waals surface area contributed by atoms with Crippen LogP contribution in [-0.4, -0.2) is 38.8 Å². The van der Waals surface area contributed by atoms with Crippen LogP contribution in [0.25, 0.3) is 16.6 Å². The number of halogens is 1. The maximum absolute atomic E-state index is 13.6. The Morgan fingerprint density at radius 2 is 2.03 bits per heavy atom. The second kappa shape index (κ2) is 7.09. The molecule has 1 unspecified atom stereocenters. The molecule has 1 fully saturated rings. The molecule has 3 heterocycles. The van der Waals surface area contributed by atoms with Crippen molar-refractivity contribution < 1.29 is 9.13 Å². The maximum atomic E-state index is 13.6. The highest BCUT2D eigenvalue weighted by Gasteiger charge is 2.24. The smallest absolute Gasteiger partial charge is 0.262 e. The molecule has 6 nitrogen and oxygen atoms in total. The largest absolute Gasteiger partial charge is 0.371 e. The molecule has 5 rings (SSSR count). The number of aromatic nitrogens is 3. The molecule has 2 aromatic heterocycles. The first kappa shape index (κ1) is 18.0. The average molecular weight is 392 g/mol. The molecule has 0 aliphatic carbocycles. The quantitative estimate of drug-likeness (QED) is 0.538. The molecule has 1 saturated heterocycles. The fraction of sp³-hybridized carbons (Fsp3) is 0.273. The normalized spacial score (nSPS) is 17.9. The predicted octanol–water partition coefficient (Wildman–Crippen LogP) is 3.13. The molecule has 0 saturated carbocycles. The number of fused-ring (bicyclic) bond motifs is 3. The van der Waals surface area contributed by atoms with E-state index in [0.717, 1.165) is 22.4 Å². The fourth-order valence-corrected chi connectivity index (χ4v) is 4.02. The van der Waals surface area contributed by atoms with E-state index in [9.17, 15) is 9.18 Å². The number of aryl methyl sites for hydroxylation is 1. The Hall–Kier alpha value is -3.03. The van der Waals surface area contributed by atoms with Gasteiger partial charge in [0.05, 0.1) is 36.0 Å². The minimum atomic E-state index is -0.273. The lowest BCUT2D eigenvalue weighted by Crippen LogP contribution is -2.41. The standard InChI is InChI=1S/C22H21FN4O2/c1-15-11-21-26(22(28)18-7-2-3-8-19(18)27(21)24-15)14-25-9-10-29-20(13-25)16-5-4-6-17(23)12-16/h2-8,11-12,20H,9-10,13-14H2,1H3. The van der Waals surface area contributed by atoms with Gasteiger partial charge in [-0.05, 0) is 36.8 Å². The molecule has 4 aromatic rings. The minimum absolute atomic E-state index is 0.0400. The summed E-state index contributed by atoms with van der Waals surface area (Å²) < 4.78 is 23.1. The molecular weight excluding hydrogens is 371 g/mol. The van der Waals surface area contributed by atoms with Gasteiger partial charge in [-0.25, -0.2) is 8.91 Å². The summed E-state index contributed by atoms with van der Waals surface area (Å²) in [4.78, 5) is 15.4. The Morgan fingerprint density at radius 1 is 1.17 bits per heavy atom. The van der Waals surface area contributed by atoms with Crippen LogP contribution < -0.4 is 5.56 Å². The van der Waals surface area contributed by atoms with Gasteiger partial charge in [0, 0.05) is 19.2 Å². The van der Waals surface area contributed by atoms with Gasteiger partial charge in [0.2, 0.25) is 0 Å². The lowest BCUT2D eigenvalue weighted by molar-refractivity contribution is -0.0403. The Kier molecular flexibility index (Phi) is 4.41. The highest BCUT2D eigenvalue weighted by atomic mass is 19.1. The first-order valence-electron chi connectivity index (χ1n) is 9.67. The van der Waals surface area contributed by atoms with Crippen molar-refractivity contribution in [2.45, 2.75) is 19.7 Å². The first-order chi connectivity index (χ1) is 14.1. The van der Waals surface area contributed by atoms with Crippen molar-refractivity contribution in [2.24, 2.45) is 0 Å². The van der Waals surface area contributed by atoms with Gasteiger partial charge in [-0.3, -0.25) is 14.3 Å². The van der Waals surface area contributed by atoms with Crippen LogP contribution in [0.2, 0.25) is 0 Å². The summed E-state index contributed by atoms with van der Waals surface area (Å²) in [5.74, 6) is -0.273. The second-order valence-electron chi connectivity index (χ2n) is 7.44. The number of para-hydroxylation sites is 1. The van der Waals surface area contributed by atoms with Gasteiger partial charge >= 0.3 is 0 Å². The van der Waals surface area contributed by atoms with Crippen LogP contribution in [0.3, 0.4) is 0 Å². The average Bonchev–Trinajstić information content (AvgIpc) is 3.13. The number of benzene rings is 2. The molecule has 7 heteroatoms. The highest BCUT2D eigenvalue weighted by Crippen LogP contribution is 2.23. The number of ether oxygens (including phenoxy) is 1. The number of hydrogen-bond acceptors (Lipinski definition) is 4. The third-order valence-electron chi connectivity index (χ3n) is 5.41. The van der Waals surface area contributed by atoms with E-state index >= 15 is 0 Å². The molecule has 0 amide bonds. The Balaban J connectivity index is 1.52. The maximum Gasteiger partial charge on any atom is 0.262 e. The van der Waals surface area contributed by atoms with E-state index in [1.54, 1.807) is 10.6 Å². The van der Waals surface area contributed by atoms with Gasteiger partial charge in [-0.2, -0.15) is 5.10 Å². The van der Waals surface area contributed by atoms with Gasteiger partial charge in [-0.15, -0.1) is 0 Å². The van der Waals surface area contributed by atoms with Crippen molar-refractivity contribution in [3.63, 3.8) is 0 Å². The predicted molar refractivity (Wildman–Crippen MR) is 108 cm³/mol.